The van der Waals surface area contributed by atoms with Gasteiger partial charge in [-0.05, 0) is 35.8 Å². The first kappa shape index (κ1) is 20.4. The van der Waals surface area contributed by atoms with Gasteiger partial charge >= 0.3 is 0 Å². The zero-order valence-electron chi connectivity index (χ0n) is 16.7. The molecule has 0 aliphatic heterocycles. The van der Waals surface area contributed by atoms with Gasteiger partial charge in [-0.25, -0.2) is 0 Å². The molecule has 0 bridgehead atoms. The van der Waals surface area contributed by atoms with Crippen molar-refractivity contribution >= 4 is 14.1 Å². The van der Waals surface area contributed by atoms with Gasteiger partial charge in [0, 0.05) is 12.0 Å². The normalized spacial score (nSPS) is 13.3. The fourth-order valence-electron chi connectivity index (χ4n) is 2.49. The van der Waals surface area contributed by atoms with Crippen molar-refractivity contribution in [1.82, 2.24) is 0 Å². The van der Waals surface area contributed by atoms with Crippen molar-refractivity contribution in [2.75, 3.05) is 7.11 Å². The highest BCUT2D eigenvalue weighted by atomic mass is 28.4. The van der Waals surface area contributed by atoms with Gasteiger partial charge in [-0.1, -0.05) is 63.2 Å². The van der Waals surface area contributed by atoms with Gasteiger partial charge in [0.2, 0.25) is 0 Å². The molecule has 2 aromatic carbocycles. The fraction of sp³-hybridized carbons (Fsp3) is 0.409. The summed E-state index contributed by atoms with van der Waals surface area (Å²) in [6.45, 7) is 11.1. The second-order valence-electron chi connectivity index (χ2n) is 8.13. The minimum absolute atomic E-state index is 0.0769. The first-order valence-corrected chi connectivity index (χ1v) is 11.9. The van der Waals surface area contributed by atoms with Crippen LogP contribution < -0.4 is 4.74 Å². The molecular weight excluding hydrogens is 340 g/mol. The summed E-state index contributed by atoms with van der Waals surface area (Å²) in [7, 11) is -0.374. The average molecular weight is 371 g/mol. The smallest absolute Gasteiger partial charge is 0.192 e. The quantitative estimate of drug-likeness (QED) is 0.441. The lowest BCUT2D eigenvalue weighted by atomic mass is 10.0. The molecule has 0 heterocycles. The van der Waals surface area contributed by atoms with E-state index in [4.69, 9.17) is 9.16 Å². The molecule has 0 spiro atoms. The Morgan fingerprint density at radius 2 is 1.58 bits per heavy atom. The van der Waals surface area contributed by atoms with Crippen LogP contribution >= 0.6 is 0 Å². The van der Waals surface area contributed by atoms with Crippen LogP contribution in [0.5, 0.6) is 5.75 Å². The van der Waals surface area contributed by atoms with Gasteiger partial charge < -0.3 is 9.16 Å². The molecule has 0 amide bonds. The van der Waals surface area contributed by atoms with E-state index in [0.29, 0.717) is 6.42 Å². The van der Waals surface area contributed by atoms with Crippen LogP contribution in [0.4, 0.5) is 0 Å². The molecule has 0 aliphatic rings. The Hall–Kier alpha value is -1.91. The van der Waals surface area contributed by atoms with Crippen molar-refractivity contribution in [3.63, 3.8) is 0 Å². The minimum atomic E-state index is -2.02. The van der Waals surface area contributed by atoms with Crippen molar-refractivity contribution in [3.8, 4) is 5.75 Å². The van der Waals surface area contributed by atoms with Crippen molar-refractivity contribution < 1.29 is 14.0 Å². The molecule has 0 saturated heterocycles. The molecule has 1 unspecified atom stereocenters. The number of hydrogen-bond donors (Lipinski definition) is 0. The van der Waals surface area contributed by atoms with Gasteiger partial charge in [0.05, 0.1) is 13.2 Å². The molecule has 0 radical (unpaired) electrons. The number of carbonyl (C=O) groups is 1. The van der Waals surface area contributed by atoms with E-state index >= 15 is 0 Å². The summed E-state index contributed by atoms with van der Waals surface area (Å²) >= 11 is 0. The summed E-state index contributed by atoms with van der Waals surface area (Å²) in [6, 6.07) is 17.3. The lowest BCUT2D eigenvalue weighted by Gasteiger charge is -2.39. The predicted octanol–water partition coefficient (Wildman–Crippen LogP) is 6.03. The van der Waals surface area contributed by atoms with E-state index in [1.807, 2.05) is 54.6 Å². The molecule has 1 atom stereocenters. The average Bonchev–Trinajstić information content (AvgIpc) is 2.61. The predicted molar refractivity (Wildman–Crippen MR) is 109 cm³/mol. The van der Waals surface area contributed by atoms with Crippen LogP contribution in [-0.2, 0) is 4.43 Å². The van der Waals surface area contributed by atoms with Crippen LogP contribution in [-0.4, -0.2) is 21.2 Å². The Kier molecular flexibility index (Phi) is 6.42. The Bertz CT molecular complexity index is 715. The van der Waals surface area contributed by atoms with Crippen molar-refractivity contribution in [2.24, 2.45) is 0 Å². The van der Waals surface area contributed by atoms with Gasteiger partial charge in [0.25, 0.3) is 0 Å². The summed E-state index contributed by atoms with van der Waals surface area (Å²) in [6.07, 6.45) is 0.0811. The monoisotopic (exact) mass is 370 g/mol. The van der Waals surface area contributed by atoms with Crippen LogP contribution in [0.1, 0.15) is 49.2 Å². The zero-order valence-corrected chi connectivity index (χ0v) is 17.7. The third-order valence-electron chi connectivity index (χ3n) is 5.20. The van der Waals surface area contributed by atoms with E-state index in [0.717, 1.165) is 16.9 Å². The third kappa shape index (κ3) is 5.05. The number of hydrogen-bond acceptors (Lipinski definition) is 3. The van der Waals surface area contributed by atoms with Gasteiger partial charge in [-0.3, -0.25) is 4.79 Å². The first-order valence-electron chi connectivity index (χ1n) is 9.04. The van der Waals surface area contributed by atoms with Crippen LogP contribution in [0, 0.1) is 0 Å². The molecule has 4 heteroatoms. The molecule has 0 N–H and O–H groups in total. The Morgan fingerprint density at radius 1 is 1.00 bits per heavy atom. The molecule has 3 nitrogen and oxygen atoms in total. The van der Waals surface area contributed by atoms with Crippen LogP contribution in [0.25, 0.3) is 0 Å². The van der Waals surface area contributed by atoms with E-state index in [1.54, 1.807) is 7.11 Å². The molecule has 0 saturated carbocycles. The zero-order chi connectivity index (χ0) is 19.4. The maximum atomic E-state index is 12.8. The van der Waals surface area contributed by atoms with Crippen LogP contribution in [0.3, 0.4) is 0 Å². The highest BCUT2D eigenvalue weighted by molar-refractivity contribution is 6.74. The highest BCUT2D eigenvalue weighted by Crippen LogP contribution is 2.41. The Balaban J connectivity index is 2.30. The maximum absolute atomic E-state index is 12.8. The van der Waals surface area contributed by atoms with E-state index in [2.05, 4.69) is 33.9 Å². The largest absolute Gasteiger partial charge is 0.497 e. The number of Topliss-reactive ketones (excluding diaryl/α,β-unsaturated/α-hetero) is 1. The molecule has 0 fully saturated rings. The molecule has 2 aromatic rings. The third-order valence-corrected chi connectivity index (χ3v) is 9.68. The summed E-state index contributed by atoms with van der Waals surface area (Å²) in [5.41, 5.74) is 1.74. The minimum Gasteiger partial charge on any atom is -0.497 e. The lowest BCUT2D eigenvalue weighted by molar-refractivity contribution is 0.0891. The van der Waals surface area contributed by atoms with Gasteiger partial charge in [0.1, 0.15) is 5.75 Å². The standard InChI is InChI=1S/C22H30O3Si/c1-22(2,3)26(5,6)25-21(18-12-14-19(24-4)15-13-18)16-20(23)17-10-8-7-9-11-17/h7-15,21H,16H2,1-6H3. The number of carbonyl (C=O) groups excluding carboxylic acids is 1. The van der Waals surface area contributed by atoms with Crippen molar-refractivity contribution in [3.05, 3.63) is 65.7 Å². The molecule has 140 valence electrons. The number of rotatable bonds is 7. The fourth-order valence-corrected chi connectivity index (χ4v) is 3.77. The summed E-state index contributed by atoms with van der Waals surface area (Å²) < 4.78 is 11.9. The summed E-state index contributed by atoms with van der Waals surface area (Å²) in [5.74, 6) is 0.902. The SMILES string of the molecule is COc1ccc(C(CC(=O)c2ccccc2)O[Si](C)(C)C(C)(C)C)cc1. The molecule has 2 rings (SSSR count). The second kappa shape index (κ2) is 8.19. The topological polar surface area (TPSA) is 35.5 Å². The number of ether oxygens (including phenoxy) is 1. The van der Waals surface area contributed by atoms with Crippen molar-refractivity contribution in [1.29, 1.82) is 0 Å². The molecule has 26 heavy (non-hydrogen) atoms. The van der Waals surface area contributed by atoms with Gasteiger partial charge in [-0.15, -0.1) is 0 Å². The molecule has 0 aliphatic carbocycles. The van der Waals surface area contributed by atoms with Crippen LogP contribution in [0.15, 0.2) is 54.6 Å². The molecular formula is C22H30O3Si. The van der Waals surface area contributed by atoms with Crippen molar-refractivity contribution in [2.45, 2.75) is 51.4 Å². The number of ketones is 1. The lowest BCUT2D eigenvalue weighted by Crippen LogP contribution is -2.42. The van der Waals surface area contributed by atoms with E-state index < -0.39 is 8.32 Å². The van der Waals surface area contributed by atoms with E-state index in [-0.39, 0.29) is 16.9 Å². The number of benzene rings is 2. The first-order chi connectivity index (χ1) is 12.1. The van der Waals surface area contributed by atoms with Gasteiger partial charge in [-0.2, -0.15) is 0 Å². The summed E-state index contributed by atoms with van der Waals surface area (Å²) in [5, 5.41) is 0.0769. The Labute approximate surface area is 158 Å². The van der Waals surface area contributed by atoms with Crippen LogP contribution in [0.2, 0.25) is 18.1 Å². The Morgan fingerprint density at radius 3 is 2.08 bits per heavy atom. The van der Waals surface area contributed by atoms with E-state index in [1.165, 1.54) is 0 Å². The summed E-state index contributed by atoms with van der Waals surface area (Å²) in [4.78, 5) is 12.8. The second-order valence-corrected chi connectivity index (χ2v) is 12.9. The van der Waals surface area contributed by atoms with E-state index in [9.17, 15) is 4.79 Å². The highest BCUT2D eigenvalue weighted by Gasteiger charge is 2.39. The maximum Gasteiger partial charge on any atom is 0.192 e. The molecule has 0 aromatic heterocycles. The van der Waals surface area contributed by atoms with Gasteiger partial charge in [0.15, 0.2) is 14.1 Å². The number of methoxy groups -OCH3 is 1.